The molecule has 0 bridgehead atoms. The largest absolute Gasteiger partial charge is 0.342 e. The van der Waals surface area contributed by atoms with Gasteiger partial charge in [-0.2, -0.15) is 0 Å². The SMILES string of the molecule is CCCC(Cl)C[Si](Cl)(Cl)Cl. The van der Waals surface area contributed by atoms with Crippen molar-refractivity contribution in [3.05, 3.63) is 0 Å². The van der Waals surface area contributed by atoms with Gasteiger partial charge in [0.15, 0.2) is 0 Å². The average Bonchev–Trinajstić information content (AvgIpc) is 1.59. The first-order chi connectivity index (χ1) is 4.45. The van der Waals surface area contributed by atoms with Crippen LogP contribution in [0.3, 0.4) is 0 Å². The predicted octanol–water partition coefficient (Wildman–Crippen LogP) is 4.05. The number of rotatable bonds is 4. The first kappa shape index (κ1) is 11.4. The Labute approximate surface area is 81.9 Å². The van der Waals surface area contributed by atoms with E-state index in [1.54, 1.807) is 0 Å². The molecule has 10 heavy (non-hydrogen) atoms. The Morgan fingerprint density at radius 2 is 1.80 bits per heavy atom. The summed E-state index contributed by atoms with van der Waals surface area (Å²) in [6.45, 7) is 2.06. The van der Waals surface area contributed by atoms with Gasteiger partial charge in [-0.15, -0.1) is 44.8 Å². The van der Waals surface area contributed by atoms with E-state index in [-0.39, 0.29) is 5.38 Å². The first-order valence-corrected chi connectivity index (χ1v) is 8.84. The van der Waals surface area contributed by atoms with Gasteiger partial charge in [-0.05, 0) is 12.5 Å². The van der Waals surface area contributed by atoms with Crippen LogP contribution in [0.2, 0.25) is 6.04 Å². The van der Waals surface area contributed by atoms with Crippen molar-refractivity contribution in [1.29, 1.82) is 0 Å². The van der Waals surface area contributed by atoms with Crippen molar-refractivity contribution in [2.45, 2.75) is 31.2 Å². The van der Waals surface area contributed by atoms with Gasteiger partial charge in [0.2, 0.25) is 0 Å². The van der Waals surface area contributed by atoms with Gasteiger partial charge in [0.25, 0.3) is 0 Å². The van der Waals surface area contributed by atoms with Crippen LogP contribution in [-0.4, -0.2) is 11.4 Å². The second-order valence-electron chi connectivity index (χ2n) is 2.21. The molecule has 0 spiro atoms. The summed E-state index contributed by atoms with van der Waals surface area (Å²) >= 11 is 22.8. The van der Waals surface area contributed by atoms with Crippen LogP contribution in [0.15, 0.2) is 0 Å². The maximum Gasteiger partial charge on any atom is 0.342 e. The Bertz CT molecular complexity index is 90.1. The summed E-state index contributed by atoms with van der Waals surface area (Å²) in [5.41, 5.74) is 0. The maximum absolute atomic E-state index is 5.85. The molecule has 5 heteroatoms. The van der Waals surface area contributed by atoms with E-state index in [4.69, 9.17) is 44.8 Å². The van der Waals surface area contributed by atoms with Crippen LogP contribution < -0.4 is 0 Å². The number of hydrogen-bond acceptors (Lipinski definition) is 0. The van der Waals surface area contributed by atoms with E-state index in [1.807, 2.05) is 0 Å². The van der Waals surface area contributed by atoms with E-state index in [2.05, 4.69) is 6.92 Å². The van der Waals surface area contributed by atoms with Crippen LogP contribution in [0, 0.1) is 0 Å². The van der Waals surface area contributed by atoms with Crippen LogP contribution in [-0.2, 0) is 0 Å². The molecule has 0 aromatic carbocycles. The standard InChI is InChI=1S/C5H10Cl4Si/c1-2-3-5(6)4-10(7,8)9/h5H,2-4H2,1H3. The molecule has 0 aliphatic rings. The van der Waals surface area contributed by atoms with E-state index in [0.717, 1.165) is 12.8 Å². The summed E-state index contributed by atoms with van der Waals surface area (Å²) in [7, 11) is 0. The fourth-order valence-electron chi connectivity index (χ4n) is 0.666. The molecule has 0 N–H and O–H groups in total. The zero-order valence-corrected chi connectivity index (χ0v) is 9.73. The minimum Gasteiger partial charge on any atom is -0.126 e. The zero-order chi connectivity index (χ0) is 8.20. The fraction of sp³-hybridized carbons (Fsp3) is 1.00. The van der Waals surface area contributed by atoms with E-state index in [9.17, 15) is 0 Å². The molecular formula is C5H10Cl4Si. The molecule has 0 aromatic heterocycles. The molecule has 0 aliphatic heterocycles. The molecule has 0 saturated carbocycles. The number of alkyl halides is 1. The molecule has 0 radical (unpaired) electrons. The summed E-state index contributed by atoms with van der Waals surface area (Å²) in [5, 5.41) is 0.0455. The summed E-state index contributed by atoms with van der Waals surface area (Å²) in [6, 6.07) is -1.91. The van der Waals surface area contributed by atoms with Gasteiger partial charge in [-0.1, -0.05) is 13.3 Å². The average molecular weight is 240 g/mol. The van der Waals surface area contributed by atoms with Crippen molar-refractivity contribution >= 4 is 50.8 Å². The smallest absolute Gasteiger partial charge is 0.126 e. The molecule has 0 aliphatic carbocycles. The monoisotopic (exact) mass is 238 g/mol. The first-order valence-electron chi connectivity index (χ1n) is 3.16. The van der Waals surface area contributed by atoms with Crippen LogP contribution in [0.1, 0.15) is 19.8 Å². The van der Waals surface area contributed by atoms with E-state index >= 15 is 0 Å². The molecule has 0 amide bonds. The highest BCUT2D eigenvalue weighted by Crippen LogP contribution is 2.29. The van der Waals surface area contributed by atoms with Crippen LogP contribution in [0.4, 0.5) is 0 Å². The lowest BCUT2D eigenvalue weighted by atomic mass is 10.3. The van der Waals surface area contributed by atoms with Gasteiger partial charge in [0, 0.05) is 5.38 Å². The summed E-state index contributed by atoms with van der Waals surface area (Å²) in [6.07, 6.45) is 1.98. The second-order valence-corrected chi connectivity index (χ2v) is 12.0. The van der Waals surface area contributed by atoms with E-state index in [1.165, 1.54) is 0 Å². The molecule has 0 fully saturated rings. The van der Waals surface area contributed by atoms with Crippen molar-refractivity contribution in [2.75, 3.05) is 0 Å². The summed E-state index contributed by atoms with van der Waals surface area (Å²) < 4.78 is 0. The highest BCUT2D eigenvalue weighted by atomic mass is 35.8. The highest BCUT2D eigenvalue weighted by molar-refractivity contribution is 7.64. The van der Waals surface area contributed by atoms with Crippen molar-refractivity contribution < 1.29 is 0 Å². The molecule has 0 rings (SSSR count). The Hall–Kier alpha value is 1.38. The molecule has 0 heterocycles. The summed E-state index contributed by atoms with van der Waals surface area (Å²) in [4.78, 5) is 0. The lowest BCUT2D eigenvalue weighted by molar-refractivity contribution is 0.776. The Morgan fingerprint density at radius 1 is 1.30 bits per heavy atom. The number of hydrogen-bond donors (Lipinski definition) is 0. The summed E-state index contributed by atoms with van der Waals surface area (Å²) in [5.74, 6) is 0. The van der Waals surface area contributed by atoms with Crippen molar-refractivity contribution in [1.82, 2.24) is 0 Å². The van der Waals surface area contributed by atoms with Crippen LogP contribution in [0.5, 0.6) is 0 Å². The van der Waals surface area contributed by atoms with Gasteiger partial charge in [-0.3, -0.25) is 0 Å². The van der Waals surface area contributed by atoms with Gasteiger partial charge < -0.3 is 0 Å². The van der Waals surface area contributed by atoms with Crippen molar-refractivity contribution in [2.24, 2.45) is 0 Å². The molecular weight excluding hydrogens is 230 g/mol. The van der Waals surface area contributed by atoms with Crippen molar-refractivity contribution in [3.8, 4) is 0 Å². The van der Waals surface area contributed by atoms with Crippen LogP contribution in [0.25, 0.3) is 0 Å². The van der Waals surface area contributed by atoms with Gasteiger partial charge in [0.1, 0.15) is 0 Å². The minimum absolute atomic E-state index is 0.0455. The molecule has 62 valence electrons. The molecule has 0 nitrogen and oxygen atoms in total. The lowest BCUT2D eigenvalue weighted by Gasteiger charge is -2.11. The molecule has 1 atom stereocenters. The zero-order valence-electron chi connectivity index (χ0n) is 5.71. The number of halogens is 4. The maximum atomic E-state index is 5.85. The van der Waals surface area contributed by atoms with Crippen LogP contribution >= 0.6 is 44.8 Å². The van der Waals surface area contributed by atoms with Gasteiger partial charge >= 0.3 is 6.00 Å². The molecule has 0 aromatic rings. The minimum atomic E-state index is -2.47. The quantitative estimate of drug-likeness (QED) is 0.395. The molecule has 0 saturated heterocycles. The van der Waals surface area contributed by atoms with E-state index < -0.39 is 6.00 Å². The molecule has 1 unspecified atom stereocenters. The topological polar surface area (TPSA) is 0 Å². The Kier molecular flexibility index (Phi) is 5.80. The lowest BCUT2D eigenvalue weighted by Crippen LogP contribution is -2.15. The third kappa shape index (κ3) is 7.48. The van der Waals surface area contributed by atoms with E-state index in [0.29, 0.717) is 6.04 Å². The van der Waals surface area contributed by atoms with Gasteiger partial charge in [0.05, 0.1) is 0 Å². The van der Waals surface area contributed by atoms with Gasteiger partial charge in [-0.25, -0.2) is 0 Å². The Balaban J connectivity index is 3.47. The third-order valence-corrected chi connectivity index (χ3v) is 4.03. The second kappa shape index (κ2) is 5.10. The highest BCUT2D eigenvalue weighted by Gasteiger charge is 2.28. The normalized spacial score (nSPS) is 15.3. The van der Waals surface area contributed by atoms with Crippen molar-refractivity contribution in [3.63, 3.8) is 0 Å². The predicted molar refractivity (Wildman–Crippen MR) is 52.7 cm³/mol. The Morgan fingerprint density at radius 3 is 2.10 bits per heavy atom. The third-order valence-electron chi connectivity index (χ3n) is 1.05. The fourth-order valence-corrected chi connectivity index (χ4v) is 4.67.